The van der Waals surface area contributed by atoms with E-state index in [-0.39, 0.29) is 49.5 Å². The molecule has 0 aromatic heterocycles. The lowest BCUT2D eigenvalue weighted by atomic mass is 9.88. The second-order valence-electron chi connectivity index (χ2n) is 10.0. The van der Waals surface area contributed by atoms with Crippen molar-refractivity contribution in [2.75, 3.05) is 55.4 Å². The van der Waals surface area contributed by atoms with Gasteiger partial charge in [0.15, 0.2) is 0 Å². The van der Waals surface area contributed by atoms with Crippen molar-refractivity contribution in [3.8, 4) is 28.7 Å². The summed E-state index contributed by atoms with van der Waals surface area (Å²) in [6.45, 7) is 0.644. The van der Waals surface area contributed by atoms with E-state index in [2.05, 4.69) is 0 Å². The number of hydrogen-bond donors (Lipinski definition) is 1. The van der Waals surface area contributed by atoms with Gasteiger partial charge in [-0.3, -0.25) is 0 Å². The summed E-state index contributed by atoms with van der Waals surface area (Å²) in [6, 6.07) is 13.7. The lowest BCUT2D eigenvalue weighted by molar-refractivity contribution is -0.0382. The Balaban J connectivity index is 1.86. The molecule has 0 saturated carbocycles. The fraction of sp³-hybridized carbons (Fsp3) is 0.364. The fourth-order valence-electron chi connectivity index (χ4n) is 4.18. The van der Waals surface area contributed by atoms with Gasteiger partial charge in [-0.2, -0.15) is 0 Å². The predicted octanol–water partition coefficient (Wildman–Crippen LogP) is 4.49. The zero-order chi connectivity index (χ0) is 33.0. The molecule has 3 aromatic carbocycles. The van der Waals surface area contributed by atoms with Gasteiger partial charge >= 0.3 is 17.9 Å². The SMILES string of the molecule is CCC(COC(=O)c1cc(CO)cc(OC)c1)(COC(=O)c1cc(OC)cc(OC)c1)COC(=O)c1cc(OC)cc(OC)c1. The van der Waals surface area contributed by atoms with Crippen LogP contribution in [0.15, 0.2) is 54.6 Å². The molecular weight excluding hydrogens is 588 g/mol. The van der Waals surface area contributed by atoms with Crippen molar-refractivity contribution in [1.29, 1.82) is 0 Å². The Kier molecular flexibility index (Phi) is 12.4. The van der Waals surface area contributed by atoms with Crippen LogP contribution in [0.5, 0.6) is 28.7 Å². The van der Waals surface area contributed by atoms with Crippen LogP contribution in [-0.4, -0.2) is 78.4 Å². The highest BCUT2D eigenvalue weighted by Gasteiger charge is 2.35. The molecular formula is C33H38O12. The minimum absolute atomic E-state index is 0.143. The largest absolute Gasteiger partial charge is 0.497 e. The molecule has 242 valence electrons. The van der Waals surface area contributed by atoms with Crippen molar-refractivity contribution < 1.29 is 57.4 Å². The van der Waals surface area contributed by atoms with E-state index in [0.29, 0.717) is 34.3 Å². The fourth-order valence-corrected chi connectivity index (χ4v) is 4.18. The Labute approximate surface area is 261 Å². The first-order valence-electron chi connectivity index (χ1n) is 13.9. The molecule has 0 aliphatic heterocycles. The molecule has 0 aliphatic carbocycles. The van der Waals surface area contributed by atoms with Crippen LogP contribution >= 0.6 is 0 Å². The van der Waals surface area contributed by atoms with Crippen molar-refractivity contribution in [2.24, 2.45) is 5.41 Å². The van der Waals surface area contributed by atoms with Gasteiger partial charge in [0.25, 0.3) is 0 Å². The predicted molar refractivity (Wildman–Crippen MR) is 162 cm³/mol. The van der Waals surface area contributed by atoms with E-state index in [1.54, 1.807) is 25.1 Å². The van der Waals surface area contributed by atoms with Gasteiger partial charge < -0.3 is 43.0 Å². The molecule has 0 atom stereocenters. The zero-order valence-corrected chi connectivity index (χ0v) is 26.2. The van der Waals surface area contributed by atoms with Gasteiger partial charge in [0.1, 0.15) is 48.6 Å². The van der Waals surface area contributed by atoms with E-state index >= 15 is 0 Å². The van der Waals surface area contributed by atoms with Crippen LogP contribution in [0.4, 0.5) is 0 Å². The molecule has 3 rings (SSSR count). The summed E-state index contributed by atoms with van der Waals surface area (Å²) in [5.74, 6) is -0.184. The van der Waals surface area contributed by atoms with E-state index in [1.807, 2.05) is 0 Å². The maximum absolute atomic E-state index is 13.1. The molecule has 0 heterocycles. The second-order valence-corrected chi connectivity index (χ2v) is 10.0. The van der Waals surface area contributed by atoms with Gasteiger partial charge in [-0.1, -0.05) is 6.92 Å². The standard InChI is InChI=1S/C33H38O12/c1-7-33(18-43-30(35)22-8-21(17-34)9-25(10-22)38-2,19-44-31(36)23-11-26(39-3)15-27(12-23)40-4)20-45-32(37)24-13-28(41-5)16-29(14-24)42-6/h8-16,34H,7,17-20H2,1-6H3. The first-order chi connectivity index (χ1) is 21.6. The van der Waals surface area contributed by atoms with Crippen molar-refractivity contribution in [3.05, 3.63) is 76.9 Å². The average Bonchev–Trinajstić information content (AvgIpc) is 3.09. The van der Waals surface area contributed by atoms with Crippen LogP contribution in [-0.2, 0) is 20.8 Å². The summed E-state index contributed by atoms with van der Waals surface area (Å²) < 4.78 is 43.2. The van der Waals surface area contributed by atoms with Gasteiger partial charge in [0, 0.05) is 12.1 Å². The molecule has 0 spiro atoms. The van der Waals surface area contributed by atoms with Gasteiger partial charge in [-0.25, -0.2) is 14.4 Å². The van der Waals surface area contributed by atoms with Crippen LogP contribution in [0, 0.1) is 5.41 Å². The average molecular weight is 627 g/mol. The Hall–Kier alpha value is -4.97. The van der Waals surface area contributed by atoms with E-state index in [0.717, 1.165) is 0 Å². The molecule has 0 saturated heterocycles. The summed E-state index contributed by atoms with van der Waals surface area (Å²) >= 11 is 0. The third-order valence-electron chi connectivity index (χ3n) is 7.07. The summed E-state index contributed by atoms with van der Waals surface area (Å²) in [6.07, 6.45) is 0.281. The summed E-state index contributed by atoms with van der Waals surface area (Å²) in [4.78, 5) is 39.4. The molecule has 0 fully saturated rings. The maximum Gasteiger partial charge on any atom is 0.338 e. The van der Waals surface area contributed by atoms with Crippen LogP contribution in [0.1, 0.15) is 50.0 Å². The highest BCUT2D eigenvalue weighted by Crippen LogP contribution is 2.29. The van der Waals surface area contributed by atoms with Crippen molar-refractivity contribution in [1.82, 2.24) is 0 Å². The van der Waals surface area contributed by atoms with E-state index in [4.69, 9.17) is 37.9 Å². The van der Waals surface area contributed by atoms with Crippen molar-refractivity contribution in [3.63, 3.8) is 0 Å². The Morgan fingerprint density at radius 3 is 1.13 bits per heavy atom. The molecule has 0 bridgehead atoms. The number of rotatable bonds is 16. The normalized spacial score (nSPS) is 10.8. The van der Waals surface area contributed by atoms with Crippen LogP contribution < -0.4 is 23.7 Å². The number of aliphatic hydroxyl groups is 1. The van der Waals surface area contributed by atoms with Gasteiger partial charge in [-0.15, -0.1) is 0 Å². The monoisotopic (exact) mass is 626 g/mol. The first kappa shape index (κ1) is 34.5. The lowest BCUT2D eigenvalue weighted by Crippen LogP contribution is -2.39. The van der Waals surface area contributed by atoms with Crippen LogP contribution in [0.25, 0.3) is 0 Å². The number of ether oxygens (including phenoxy) is 8. The van der Waals surface area contributed by atoms with Gasteiger partial charge in [0.05, 0.1) is 64.3 Å². The number of esters is 3. The third-order valence-corrected chi connectivity index (χ3v) is 7.07. The smallest absolute Gasteiger partial charge is 0.338 e. The maximum atomic E-state index is 13.1. The number of benzene rings is 3. The first-order valence-corrected chi connectivity index (χ1v) is 13.9. The Bertz CT molecular complexity index is 1240. The van der Waals surface area contributed by atoms with Crippen LogP contribution in [0.3, 0.4) is 0 Å². The number of methoxy groups -OCH3 is 5. The van der Waals surface area contributed by atoms with E-state index in [1.165, 1.54) is 71.9 Å². The third kappa shape index (κ3) is 9.26. The highest BCUT2D eigenvalue weighted by atomic mass is 16.6. The van der Waals surface area contributed by atoms with Crippen LogP contribution in [0.2, 0.25) is 0 Å². The molecule has 45 heavy (non-hydrogen) atoms. The topological polar surface area (TPSA) is 145 Å². The molecule has 3 aromatic rings. The molecule has 12 nitrogen and oxygen atoms in total. The minimum atomic E-state index is -1.15. The van der Waals surface area contributed by atoms with E-state index in [9.17, 15) is 19.5 Å². The number of hydrogen-bond acceptors (Lipinski definition) is 12. The van der Waals surface area contributed by atoms with Gasteiger partial charge in [-0.05, 0) is 54.4 Å². The Morgan fingerprint density at radius 2 is 0.844 bits per heavy atom. The number of carbonyl (C=O) groups is 3. The van der Waals surface area contributed by atoms with Crippen molar-refractivity contribution in [2.45, 2.75) is 20.0 Å². The van der Waals surface area contributed by atoms with E-state index < -0.39 is 23.3 Å². The lowest BCUT2D eigenvalue weighted by Gasteiger charge is -2.31. The quantitative estimate of drug-likeness (QED) is 0.177. The number of carbonyl (C=O) groups excluding carboxylic acids is 3. The van der Waals surface area contributed by atoms with Gasteiger partial charge in [0.2, 0.25) is 0 Å². The molecule has 12 heteroatoms. The second kappa shape index (κ2) is 16.2. The summed E-state index contributed by atoms with van der Waals surface area (Å²) in [7, 11) is 7.26. The zero-order valence-electron chi connectivity index (χ0n) is 26.2. The highest BCUT2D eigenvalue weighted by molar-refractivity contribution is 5.91. The summed E-state index contributed by atoms with van der Waals surface area (Å²) in [5, 5.41) is 9.59. The van der Waals surface area contributed by atoms with Crippen molar-refractivity contribution >= 4 is 17.9 Å². The molecule has 0 radical (unpaired) electrons. The Morgan fingerprint density at radius 1 is 0.533 bits per heavy atom. The summed E-state index contributed by atoms with van der Waals surface area (Å²) in [5.41, 5.74) is -0.216. The molecule has 0 aliphatic rings. The molecule has 1 N–H and O–H groups in total. The number of aliphatic hydroxyl groups excluding tert-OH is 1. The minimum Gasteiger partial charge on any atom is -0.497 e. The molecule has 0 unspecified atom stereocenters. The molecule has 0 amide bonds.